The second-order valence-electron chi connectivity index (χ2n) is 4.35. The van der Waals surface area contributed by atoms with Gasteiger partial charge in [0.15, 0.2) is 0 Å². The van der Waals surface area contributed by atoms with E-state index in [1.807, 2.05) is 5.32 Å². The van der Waals surface area contributed by atoms with E-state index in [1.165, 1.54) is 6.92 Å². The molecule has 0 spiro atoms. The van der Waals surface area contributed by atoms with Gasteiger partial charge in [-0.25, -0.2) is 9.59 Å². The molecule has 1 aromatic rings. The summed E-state index contributed by atoms with van der Waals surface area (Å²) >= 11 is 0. The molecule has 0 heterocycles. The van der Waals surface area contributed by atoms with Crippen molar-refractivity contribution in [2.75, 3.05) is 5.32 Å². The van der Waals surface area contributed by atoms with Gasteiger partial charge in [-0.05, 0) is 25.1 Å². The monoisotopic (exact) mass is 306 g/mol. The molecule has 0 bridgehead atoms. The summed E-state index contributed by atoms with van der Waals surface area (Å²) in [4.78, 5) is 22.5. The number of alkyl halides is 3. The summed E-state index contributed by atoms with van der Waals surface area (Å²) in [6, 6.07) is 1.04. The van der Waals surface area contributed by atoms with Crippen molar-refractivity contribution in [2.45, 2.75) is 25.6 Å². The van der Waals surface area contributed by atoms with Crippen LogP contribution >= 0.6 is 0 Å². The third-order valence-corrected chi connectivity index (χ3v) is 2.40. The number of hydrogen-bond acceptors (Lipinski definition) is 3. The zero-order chi connectivity index (χ0) is 16.2. The summed E-state index contributed by atoms with van der Waals surface area (Å²) in [5, 5.41) is 22.2. The molecule has 0 radical (unpaired) electrons. The van der Waals surface area contributed by atoms with Gasteiger partial charge in [-0.3, -0.25) is 0 Å². The first-order valence-corrected chi connectivity index (χ1v) is 5.79. The Bertz CT molecular complexity index is 546. The van der Waals surface area contributed by atoms with Crippen LogP contribution in [0.3, 0.4) is 0 Å². The van der Waals surface area contributed by atoms with Crippen molar-refractivity contribution in [3.63, 3.8) is 0 Å². The Balaban J connectivity index is 2.73. The van der Waals surface area contributed by atoms with Gasteiger partial charge < -0.3 is 20.8 Å². The highest BCUT2D eigenvalue weighted by Crippen LogP contribution is 2.22. The van der Waals surface area contributed by atoms with Crippen LogP contribution in [-0.4, -0.2) is 34.4 Å². The minimum Gasteiger partial charge on any atom is -0.508 e. The van der Waals surface area contributed by atoms with Crippen LogP contribution in [0.25, 0.3) is 0 Å². The Hall–Kier alpha value is -2.45. The molecular formula is C12H13F3N2O4. The van der Waals surface area contributed by atoms with Crippen LogP contribution in [0.5, 0.6) is 5.75 Å². The number of rotatable bonds is 4. The van der Waals surface area contributed by atoms with Gasteiger partial charge in [0.1, 0.15) is 5.75 Å². The molecule has 1 aromatic carbocycles. The number of halogens is 3. The zero-order valence-corrected chi connectivity index (χ0v) is 10.9. The Morgan fingerprint density at radius 1 is 1.33 bits per heavy atom. The first-order chi connectivity index (χ1) is 9.58. The Morgan fingerprint density at radius 2 is 1.95 bits per heavy atom. The number of amides is 2. The number of anilines is 1. The van der Waals surface area contributed by atoms with Crippen LogP contribution in [0.15, 0.2) is 18.2 Å². The molecule has 0 fully saturated rings. The van der Waals surface area contributed by atoms with Crippen LogP contribution < -0.4 is 10.6 Å². The number of urea groups is 1. The maximum atomic E-state index is 12.1. The molecule has 116 valence electrons. The number of hydrogen-bond donors (Lipinski definition) is 4. The smallest absolute Gasteiger partial charge is 0.391 e. The quantitative estimate of drug-likeness (QED) is 0.642. The Morgan fingerprint density at radius 3 is 2.48 bits per heavy atom. The number of carbonyl (C=O) groups is 2. The van der Waals surface area contributed by atoms with Crippen molar-refractivity contribution in [1.29, 1.82) is 0 Å². The number of nitrogens with one attached hydrogen (secondary N) is 2. The standard InChI is InChI=1S/C12H13F3N2O4/c1-6(5-12(13,14)15)16-11(21)17-9-3-2-7(18)4-8(9)10(19)20/h2-4,6,18H,5H2,1H3,(H,19,20)(H2,16,17,21). The lowest BCUT2D eigenvalue weighted by molar-refractivity contribution is -0.138. The van der Waals surface area contributed by atoms with Crippen LogP contribution in [0.4, 0.5) is 23.7 Å². The molecule has 21 heavy (non-hydrogen) atoms. The van der Waals surface area contributed by atoms with E-state index in [9.17, 15) is 27.9 Å². The average molecular weight is 306 g/mol. The van der Waals surface area contributed by atoms with E-state index in [0.29, 0.717) is 0 Å². The fourth-order valence-corrected chi connectivity index (χ4v) is 1.60. The average Bonchev–Trinajstić information content (AvgIpc) is 2.28. The minimum absolute atomic E-state index is 0.142. The van der Waals surface area contributed by atoms with Crippen molar-refractivity contribution in [3.8, 4) is 5.75 Å². The van der Waals surface area contributed by atoms with Crippen molar-refractivity contribution < 1.29 is 33.0 Å². The highest BCUT2D eigenvalue weighted by molar-refractivity contribution is 6.00. The highest BCUT2D eigenvalue weighted by atomic mass is 19.4. The molecule has 0 saturated carbocycles. The first kappa shape index (κ1) is 16.6. The molecule has 1 unspecified atom stereocenters. The molecule has 0 aliphatic heterocycles. The molecule has 4 N–H and O–H groups in total. The molecule has 1 rings (SSSR count). The van der Waals surface area contributed by atoms with Gasteiger partial charge in [0.25, 0.3) is 0 Å². The third kappa shape index (κ3) is 5.59. The minimum atomic E-state index is -4.42. The SMILES string of the molecule is CC(CC(F)(F)F)NC(=O)Nc1ccc(O)cc1C(=O)O. The van der Waals surface area contributed by atoms with Crippen molar-refractivity contribution in [2.24, 2.45) is 0 Å². The van der Waals surface area contributed by atoms with E-state index in [0.717, 1.165) is 18.2 Å². The van der Waals surface area contributed by atoms with E-state index in [4.69, 9.17) is 5.11 Å². The molecule has 1 atom stereocenters. The lowest BCUT2D eigenvalue weighted by Crippen LogP contribution is -2.38. The van der Waals surface area contributed by atoms with Crippen molar-refractivity contribution >= 4 is 17.7 Å². The second-order valence-corrected chi connectivity index (χ2v) is 4.35. The summed E-state index contributed by atoms with van der Waals surface area (Å²) in [5.41, 5.74) is -0.523. The molecule has 6 nitrogen and oxygen atoms in total. The summed E-state index contributed by atoms with van der Waals surface area (Å²) in [6.07, 6.45) is -5.63. The third-order valence-electron chi connectivity index (χ3n) is 2.40. The summed E-state index contributed by atoms with van der Waals surface area (Å²) in [6.45, 7) is 1.17. The number of carboxylic acids is 1. The molecule has 2 amide bonds. The molecule has 0 aromatic heterocycles. The normalized spacial score (nSPS) is 12.6. The summed E-state index contributed by atoms with van der Waals surface area (Å²) in [5.74, 6) is -1.71. The lowest BCUT2D eigenvalue weighted by atomic mass is 10.1. The predicted octanol–water partition coefficient (Wildman–Crippen LogP) is 2.55. The number of phenolic OH excluding ortho intramolecular Hbond substituents is 1. The fourth-order valence-electron chi connectivity index (χ4n) is 1.60. The second kappa shape index (κ2) is 6.33. The van der Waals surface area contributed by atoms with Crippen LogP contribution in [0.2, 0.25) is 0 Å². The van der Waals surface area contributed by atoms with Gasteiger partial charge in [0.2, 0.25) is 0 Å². The van der Waals surface area contributed by atoms with Crippen LogP contribution in [0, 0.1) is 0 Å². The Kier molecular flexibility index (Phi) is 5.01. The lowest BCUT2D eigenvalue weighted by Gasteiger charge is -2.17. The summed E-state index contributed by atoms with van der Waals surface area (Å²) in [7, 11) is 0. The molecule has 0 aliphatic rings. The van der Waals surface area contributed by atoms with Crippen molar-refractivity contribution in [1.82, 2.24) is 5.32 Å². The Labute approximate surface area is 117 Å². The number of aromatic carboxylic acids is 1. The number of carbonyl (C=O) groups excluding carboxylic acids is 1. The van der Waals surface area contributed by atoms with E-state index < -0.39 is 30.6 Å². The van der Waals surface area contributed by atoms with Gasteiger partial charge in [0, 0.05) is 6.04 Å². The van der Waals surface area contributed by atoms with E-state index >= 15 is 0 Å². The van der Waals surface area contributed by atoms with Gasteiger partial charge in [0.05, 0.1) is 17.7 Å². The van der Waals surface area contributed by atoms with Gasteiger partial charge >= 0.3 is 18.2 Å². The molecule has 9 heteroatoms. The maximum absolute atomic E-state index is 12.1. The van der Waals surface area contributed by atoms with Gasteiger partial charge in [-0.1, -0.05) is 0 Å². The number of carboxylic acid groups (broad SMARTS) is 1. The molecule has 0 aliphatic carbocycles. The topological polar surface area (TPSA) is 98.7 Å². The van der Waals surface area contributed by atoms with E-state index in [-0.39, 0.29) is 17.0 Å². The largest absolute Gasteiger partial charge is 0.508 e. The molecular weight excluding hydrogens is 293 g/mol. The van der Waals surface area contributed by atoms with Crippen molar-refractivity contribution in [3.05, 3.63) is 23.8 Å². The number of phenols is 1. The van der Waals surface area contributed by atoms with Crippen LogP contribution in [0.1, 0.15) is 23.7 Å². The zero-order valence-electron chi connectivity index (χ0n) is 10.9. The predicted molar refractivity (Wildman–Crippen MR) is 67.4 cm³/mol. The number of benzene rings is 1. The molecule has 0 saturated heterocycles. The van der Waals surface area contributed by atoms with E-state index in [2.05, 4.69) is 5.32 Å². The van der Waals surface area contributed by atoms with Gasteiger partial charge in [-0.15, -0.1) is 0 Å². The highest BCUT2D eigenvalue weighted by Gasteiger charge is 2.30. The van der Waals surface area contributed by atoms with E-state index in [1.54, 1.807) is 0 Å². The number of aromatic hydroxyl groups is 1. The van der Waals surface area contributed by atoms with Gasteiger partial charge in [-0.2, -0.15) is 13.2 Å². The maximum Gasteiger partial charge on any atom is 0.391 e. The summed E-state index contributed by atoms with van der Waals surface area (Å²) < 4.78 is 36.4. The fraction of sp³-hybridized carbons (Fsp3) is 0.333. The van der Waals surface area contributed by atoms with Crippen LogP contribution in [-0.2, 0) is 0 Å². The first-order valence-electron chi connectivity index (χ1n) is 5.79.